The van der Waals surface area contributed by atoms with Crippen LogP contribution in [0.25, 0.3) is 0 Å². The molecule has 0 unspecified atom stereocenters. The monoisotopic (exact) mass is 296 g/mol. The molecule has 0 aromatic heterocycles. The Bertz CT molecular complexity index is 530. The van der Waals surface area contributed by atoms with Crippen molar-refractivity contribution in [2.45, 2.75) is 6.92 Å². The average molecular weight is 296 g/mol. The molecule has 0 radical (unpaired) electrons. The molecule has 1 fully saturated rings. The Balaban J connectivity index is 2.21. The Morgan fingerprint density at radius 3 is 3.05 bits per heavy atom. The van der Waals surface area contributed by atoms with E-state index in [1.165, 1.54) is 18.0 Å². The fourth-order valence-electron chi connectivity index (χ4n) is 1.49. The van der Waals surface area contributed by atoms with E-state index < -0.39 is 0 Å². The number of para-hydroxylation sites is 1. The van der Waals surface area contributed by atoms with Gasteiger partial charge in [-0.1, -0.05) is 30.0 Å². The van der Waals surface area contributed by atoms with Crippen molar-refractivity contribution in [1.82, 2.24) is 5.01 Å². The second-order valence-corrected chi connectivity index (χ2v) is 5.24. The van der Waals surface area contributed by atoms with Gasteiger partial charge in [0.05, 0.1) is 18.6 Å². The van der Waals surface area contributed by atoms with Crippen LogP contribution < -0.4 is 4.74 Å². The second-order valence-electron chi connectivity index (χ2n) is 3.63. The minimum atomic E-state index is -0.160. The van der Waals surface area contributed by atoms with Crippen LogP contribution in [0.4, 0.5) is 0 Å². The highest BCUT2D eigenvalue weighted by Gasteiger charge is 2.26. The van der Waals surface area contributed by atoms with Crippen molar-refractivity contribution in [3.63, 3.8) is 0 Å². The summed E-state index contributed by atoms with van der Waals surface area (Å²) >= 11 is 6.27. The molecule has 1 aliphatic rings. The Morgan fingerprint density at radius 1 is 1.63 bits per heavy atom. The van der Waals surface area contributed by atoms with E-state index in [0.717, 1.165) is 5.01 Å². The largest absolute Gasteiger partial charge is 0.504 e. The summed E-state index contributed by atoms with van der Waals surface area (Å²) in [6, 6.07) is 5.08. The van der Waals surface area contributed by atoms with E-state index in [-0.39, 0.29) is 11.7 Å². The fourth-order valence-corrected chi connectivity index (χ4v) is 2.46. The Labute approximate surface area is 120 Å². The molecular formula is C12H12N2O3S2. The van der Waals surface area contributed by atoms with Crippen LogP contribution in [-0.2, 0) is 4.79 Å². The normalized spacial score (nSPS) is 15.5. The molecule has 0 spiro atoms. The molecule has 1 aliphatic heterocycles. The molecule has 0 bridgehead atoms. The number of benzene rings is 1. The number of phenolic OH excluding ortho intramolecular Hbond substituents is 1. The van der Waals surface area contributed by atoms with E-state index in [0.29, 0.717) is 28.0 Å². The van der Waals surface area contributed by atoms with Crippen LogP contribution in [0.1, 0.15) is 12.5 Å². The van der Waals surface area contributed by atoms with Crippen molar-refractivity contribution < 1.29 is 14.6 Å². The zero-order chi connectivity index (χ0) is 13.8. The van der Waals surface area contributed by atoms with E-state index in [9.17, 15) is 9.90 Å². The maximum Gasteiger partial charge on any atom is 0.259 e. The first-order valence-electron chi connectivity index (χ1n) is 5.62. The summed E-state index contributed by atoms with van der Waals surface area (Å²) in [4.78, 5) is 11.5. The number of hydrogen-bond donors (Lipinski definition) is 1. The summed E-state index contributed by atoms with van der Waals surface area (Å²) in [5.41, 5.74) is 0.471. The number of thiocarbonyl (C=S) groups is 1. The van der Waals surface area contributed by atoms with Gasteiger partial charge in [0.1, 0.15) is 0 Å². The van der Waals surface area contributed by atoms with Gasteiger partial charge in [-0.05, 0) is 19.1 Å². The van der Waals surface area contributed by atoms with Gasteiger partial charge in [-0.25, -0.2) is 0 Å². The van der Waals surface area contributed by atoms with E-state index in [4.69, 9.17) is 17.0 Å². The standard InChI is InChI=1S/C12H12N2O3S2/c1-2-17-9-5-3-4-8(11(9)16)6-13-14-10(15)7-19-12(14)18/h3-6,16H,2,7H2,1H3/b13-6+. The van der Waals surface area contributed by atoms with Gasteiger partial charge < -0.3 is 9.84 Å². The van der Waals surface area contributed by atoms with Gasteiger partial charge in [0.2, 0.25) is 0 Å². The number of carbonyl (C=O) groups is 1. The molecule has 1 N–H and O–H groups in total. The number of phenols is 1. The minimum Gasteiger partial charge on any atom is -0.504 e. The smallest absolute Gasteiger partial charge is 0.259 e. The lowest BCUT2D eigenvalue weighted by Crippen LogP contribution is -2.22. The van der Waals surface area contributed by atoms with Gasteiger partial charge in [-0.15, -0.1) is 0 Å². The van der Waals surface area contributed by atoms with Crippen molar-refractivity contribution in [2.24, 2.45) is 5.10 Å². The van der Waals surface area contributed by atoms with Gasteiger partial charge in [-0.3, -0.25) is 4.79 Å². The first-order valence-corrected chi connectivity index (χ1v) is 7.01. The SMILES string of the molecule is CCOc1cccc(/C=N/N2C(=O)CSC2=S)c1O. The van der Waals surface area contributed by atoms with Crippen molar-refractivity contribution >= 4 is 40.4 Å². The van der Waals surface area contributed by atoms with E-state index in [1.807, 2.05) is 6.92 Å². The fraction of sp³-hybridized carbons (Fsp3) is 0.250. The van der Waals surface area contributed by atoms with Gasteiger partial charge in [-0.2, -0.15) is 10.1 Å². The number of nitrogens with zero attached hydrogens (tertiary/aromatic N) is 2. The molecule has 19 heavy (non-hydrogen) atoms. The average Bonchev–Trinajstić information content (AvgIpc) is 2.71. The Hall–Kier alpha value is -1.60. The van der Waals surface area contributed by atoms with E-state index in [2.05, 4.69) is 5.10 Å². The third-order valence-electron chi connectivity index (χ3n) is 2.37. The molecule has 0 saturated carbocycles. The number of thioether (sulfide) groups is 1. The number of aromatic hydroxyl groups is 1. The van der Waals surface area contributed by atoms with Gasteiger partial charge in [0.25, 0.3) is 5.91 Å². The molecule has 100 valence electrons. The van der Waals surface area contributed by atoms with Crippen LogP contribution in [0, 0.1) is 0 Å². The number of ether oxygens (including phenoxy) is 1. The third-order valence-corrected chi connectivity index (χ3v) is 3.71. The first kappa shape index (κ1) is 13.8. The lowest BCUT2D eigenvalue weighted by atomic mass is 10.2. The van der Waals surface area contributed by atoms with Gasteiger partial charge >= 0.3 is 0 Å². The summed E-state index contributed by atoms with van der Waals surface area (Å²) in [5, 5.41) is 15.1. The molecule has 1 aromatic carbocycles. The van der Waals surface area contributed by atoms with Crippen LogP contribution in [0.15, 0.2) is 23.3 Å². The molecule has 1 amide bonds. The lowest BCUT2D eigenvalue weighted by Gasteiger charge is -2.09. The van der Waals surface area contributed by atoms with Crippen molar-refractivity contribution in [3.8, 4) is 11.5 Å². The number of hydrogen-bond acceptors (Lipinski definition) is 6. The van der Waals surface area contributed by atoms with Crippen LogP contribution in [0.2, 0.25) is 0 Å². The molecule has 7 heteroatoms. The summed E-state index contributed by atoms with van der Waals surface area (Å²) in [6.07, 6.45) is 1.40. The Morgan fingerprint density at radius 2 is 2.42 bits per heavy atom. The van der Waals surface area contributed by atoms with Crippen LogP contribution in [0.5, 0.6) is 11.5 Å². The lowest BCUT2D eigenvalue weighted by molar-refractivity contribution is -0.123. The highest BCUT2D eigenvalue weighted by atomic mass is 32.2. The Kier molecular flexibility index (Phi) is 4.39. The molecule has 0 atom stereocenters. The predicted molar refractivity (Wildman–Crippen MR) is 78.8 cm³/mol. The summed E-state index contributed by atoms with van der Waals surface area (Å²) in [6.45, 7) is 2.29. The van der Waals surface area contributed by atoms with E-state index >= 15 is 0 Å². The van der Waals surface area contributed by atoms with Crippen LogP contribution in [0.3, 0.4) is 0 Å². The highest BCUT2D eigenvalue weighted by molar-refractivity contribution is 8.23. The molecule has 1 saturated heterocycles. The third kappa shape index (κ3) is 3.05. The topological polar surface area (TPSA) is 62.1 Å². The molecule has 5 nitrogen and oxygen atoms in total. The maximum absolute atomic E-state index is 11.5. The van der Waals surface area contributed by atoms with Crippen LogP contribution >= 0.6 is 24.0 Å². The summed E-state index contributed by atoms with van der Waals surface area (Å²) < 4.78 is 5.69. The number of amides is 1. The number of carbonyl (C=O) groups excluding carboxylic acids is 1. The quantitative estimate of drug-likeness (QED) is 0.680. The summed E-state index contributed by atoms with van der Waals surface area (Å²) in [5.74, 6) is 0.530. The first-order chi connectivity index (χ1) is 9.13. The number of hydrazone groups is 1. The molecule has 0 aliphatic carbocycles. The molecular weight excluding hydrogens is 284 g/mol. The second kappa shape index (κ2) is 6.03. The van der Waals surface area contributed by atoms with Crippen LogP contribution in [-0.4, -0.2) is 38.9 Å². The van der Waals surface area contributed by atoms with Gasteiger partial charge in [0, 0.05) is 5.56 Å². The predicted octanol–water partition coefficient (Wildman–Crippen LogP) is 1.99. The minimum absolute atomic E-state index is 0.00156. The zero-order valence-electron chi connectivity index (χ0n) is 10.2. The maximum atomic E-state index is 11.5. The zero-order valence-corrected chi connectivity index (χ0v) is 11.8. The molecule has 1 aromatic rings. The summed E-state index contributed by atoms with van der Waals surface area (Å²) in [7, 11) is 0. The number of rotatable bonds is 4. The molecule has 1 heterocycles. The van der Waals surface area contributed by atoms with E-state index in [1.54, 1.807) is 18.2 Å². The van der Waals surface area contributed by atoms with Gasteiger partial charge in [0.15, 0.2) is 15.8 Å². The highest BCUT2D eigenvalue weighted by Crippen LogP contribution is 2.29. The van der Waals surface area contributed by atoms with Crippen molar-refractivity contribution in [1.29, 1.82) is 0 Å². The van der Waals surface area contributed by atoms with Crippen molar-refractivity contribution in [3.05, 3.63) is 23.8 Å². The molecule has 2 rings (SSSR count). The van der Waals surface area contributed by atoms with Crippen molar-refractivity contribution in [2.75, 3.05) is 12.4 Å².